The number of rotatable bonds is 1. The summed E-state index contributed by atoms with van der Waals surface area (Å²) < 4.78 is 6.25. The zero-order valence-corrected chi connectivity index (χ0v) is 20.2. The van der Waals surface area contributed by atoms with E-state index in [-0.39, 0.29) is 5.41 Å². The maximum absolute atomic E-state index is 6.25. The third-order valence-electron chi connectivity index (χ3n) is 7.42. The zero-order valence-electron chi connectivity index (χ0n) is 20.2. The molecule has 0 fully saturated rings. The number of hydrogen-bond donors (Lipinski definition) is 0. The molecule has 35 heavy (non-hydrogen) atoms. The first-order valence-electron chi connectivity index (χ1n) is 12.3. The van der Waals surface area contributed by atoms with Crippen LogP contribution in [0.3, 0.4) is 0 Å². The molecule has 6 aromatic carbocycles. The van der Waals surface area contributed by atoms with E-state index in [1.54, 1.807) is 0 Å². The normalized spacial score (nSPS) is 12.4. The number of fused-ring (bicyclic) bond motifs is 9. The Labute approximate surface area is 204 Å². The average Bonchev–Trinajstić information content (AvgIpc) is 3.25. The van der Waals surface area contributed by atoms with E-state index >= 15 is 0 Å². The number of benzene rings is 6. The minimum absolute atomic E-state index is 0.152. The molecule has 0 saturated heterocycles. The van der Waals surface area contributed by atoms with Crippen molar-refractivity contribution in [1.82, 2.24) is 0 Å². The van der Waals surface area contributed by atoms with Gasteiger partial charge in [0.1, 0.15) is 11.2 Å². The van der Waals surface area contributed by atoms with Crippen LogP contribution < -0.4 is 0 Å². The van der Waals surface area contributed by atoms with Gasteiger partial charge in [0.2, 0.25) is 0 Å². The highest BCUT2D eigenvalue weighted by atomic mass is 16.3. The van der Waals surface area contributed by atoms with Crippen molar-refractivity contribution < 1.29 is 4.42 Å². The fourth-order valence-electron chi connectivity index (χ4n) is 5.51. The highest BCUT2D eigenvalue weighted by Gasteiger charge is 2.15. The summed E-state index contributed by atoms with van der Waals surface area (Å²) in [5.74, 6) is 0. The maximum Gasteiger partial charge on any atom is 0.136 e. The number of para-hydroxylation sites is 1. The summed E-state index contributed by atoms with van der Waals surface area (Å²) in [5, 5.41) is 9.96. The molecule has 0 radical (unpaired) electrons. The quantitative estimate of drug-likeness (QED) is 0.227. The third-order valence-corrected chi connectivity index (χ3v) is 7.42. The second-order valence-electron chi connectivity index (χ2n) is 10.6. The van der Waals surface area contributed by atoms with Crippen molar-refractivity contribution in [3.05, 3.63) is 109 Å². The van der Waals surface area contributed by atoms with Crippen molar-refractivity contribution >= 4 is 54.3 Å². The zero-order chi connectivity index (χ0) is 23.7. The van der Waals surface area contributed by atoms with Crippen LogP contribution in [0.15, 0.2) is 108 Å². The molecule has 0 unspecified atom stereocenters. The molecule has 0 bridgehead atoms. The Morgan fingerprint density at radius 2 is 1.00 bits per heavy atom. The summed E-state index contributed by atoms with van der Waals surface area (Å²) in [6.45, 7) is 6.77. The molecule has 0 aliphatic heterocycles. The first-order chi connectivity index (χ1) is 17.0. The molecule has 7 aromatic rings. The Morgan fingerprint density at radius 1 is 0.429 bits per heavy atom. The summed E-state index contributed by atoms with van der Waals surface area (Å²) in [6.07, 6.45) is 0. The van der Waals surface area contributed by atoms with Gasteiger partial charge < -0.3 is 4.42 Å². The van der Waals surface area contributed by atoms with Crippen LogP contribution in [-0.2, 0) is 5.41 Å². The first kappa shape index (κ1) is 20.3. The van der Waals surface area contributed by atoms with Crippen molar-refractivity contribution in [2.24, 2.45) is 0 Å². The van der Waals surface area contributed by atoms with Gasteiger partial charge in [-0.2, -0.15) is 0 Å². The van der Waals surface area contributed by atoms with E-state index in [0.29, 0.717) is 0 Å². The first-order valence-corrected chi connectivity index (χ1v) is 12.3. The molecule has 1 heteroatoms. The van der Waals surface area contributed by atoms with Gasteiger partial charge in [-0.15, -0.1) is 0 Å². The molecular weight excluding hydrogens is 424 g/mol. The Morgan fingerprint density at radius 3 is 1.71 bits per heavy atom. The van der Waals surface area contributed by atoms with Gasteiger partial charge in [0.05, 0.1) is 0 Å². The second-order valence-corrected chi connectivity index (χ2v) is 10.6. The lowest BCUT2D eigenvalue weighted by Crippen LogP contribution is -2.10. The van der Waals surface area contributed by atoms with E-state index < -0.39 is 0 Å². The van der Waals surface area contributed by atoms with Crippen molar-refractivity contribution in [3.8, 4) is 11.1 Å². The number of hydrogen-bond acceptors (Lipinski definition) is 1. The van der Waals surface area contributed by atoms with Gasteiger partial charge in [-0.1, -0.05) is 99.6 Å². The van der Waals surface area contributed by atoms with Crippen LogP contribution >= 0.6 is 0 Å². The standard InChI is InChI=1S/C34H26O/c1-34(2,3)23-15-12-21(13-16-23)22-14-17-26-28(18-22)24-8-4-5-9-25(24)29-19-31-27-10-6-7-11-32(27)35-33(31)20-30(26)29/h4-20H,1-3H3. The van der Waals surface area contributed by atoms with E-state index in [2.05, 4.69) is 112 Å². The van der Waals surface area contributed by atoms with E-state index in [1.807, 2.05) is 12.1 Å². The molecule has 0 amide bonds. The van der Waals surface area contributed by atoms with Gasteiger partial charge in [0.15, 0.2) is 0 Å². The second kappa shape index (κ2) is 7.20. The summed E-state index contributed by atoms with van der Waals surface area (Å²) in [4.78, 5) is 0. The minimum atomic E-state index is 0.152. The van der Waals surface area contributed by atoms with Gasteiger partial charge in [-0.25, -0.2) is 0 Å². The topological polar surface area (TPSA) is 13.1 Å². The fraction of sp³-hybridized carbons (Fsp3) is 0.118. The van der Waals surface area contributed by atoms with Crippen LogP contribution in [0.4, 0.5) is 0 Å². The van der Waals surface area contributed by atoms with Gasteiger partial charge >= 0.3 is 0 Å². The molecule has 0 N–H and O–H groups in total. The predicted octanol–water partition coefficient (Wildman–Crippen LogP) is 10.0. The molecule has 1 nitrogen and oxygen atoms in total. The fourth-order valence-corrected chi connectivity index (χ4v) is 5.51. The maximum atomic E-state index is 6.25. The van der Waals surface area contributed by atoms with E-state index in [0.717, 1.165) is 11.2 Å². The van der Waals surface area contributed by atoms with Crippen molar-refractivity contribution in [3.63, 3.8) is 0 Å². The van der Waals surface area contributed by atoms with Gasteiger partial charge in [-0.05, 0) is 78.7 Å². The van der Waals surface area contributed by atoms with Crippen molar-refractivity contribution in [1.29, 1.82) is 0 Å². The largest absolute Gasteiger partial charge is 0.456 e. The van der Waals surface area contributed by atoms with Crippen LogP contribution in [-0.4, -0.2) is 0 Å². The van der Waals surface area contributed by atoms with E-state index in [4.69, 9.17) is 4.42 Å². The third kappa shape index (κ3) is 3.08. The van der Waals surface area contributed by atoms with E-state index in [9.17, 15) is 0 Å². The highest BCUT2D eigenvalue weighted by Crippen LogP contribution is 2.41. The molecule has 7 rings (SSSR count). The van der Waals surface area contributed by atoms with Crippen LogP contribution in [0.2, 0.25) is 0 Å². The Hall–Kier alpha value is -4.10. The smallest absolute Gasteiger partial charge is 0.136 e. The molecule has 0 saturated carbocycles. The molecule has 1 aromatic heterocycles. The lowest BCUT2D eigenvalue weighted by atomic mass is 9.86. The molecule has 0 spiro atoms. The van der Waals surface area contributed by atoms with Crippen LogP contribution in [0.1, 0.15) is 26.3 Å². The SMILES string of the molecule is CC(C)(C)c1ccc(-c2ccc3c(c2)c2ccccc2c2cc4c(cc32)oc2ccccc24)cc1. The molecule has 0 aliphatic rings. The minimum Gasteiger partial charge on any atom is -0.456 e. The summed E-state index contributed by atoms with van der Waals surface area (Å²) in [7, 11) is 0. The van der Waals surface area contributed by atoms with E-state index in [1.165, 1.54) is 59.8 Å². The van der Waals surface area contributed by atoms with Crippen molar-refractivity contribution in [2.75, 3.05) is 0 Å². The monoisotopic (exact) mass is 450 g/mol. The summed E-state index contributed by atoms with van der Waals surface area (Å²) in [6, 6.07) is 37.6. The lowest BCUT2D eigenvalue weighted by Gasteiger charge is -2.19. The lowest BCUT2D eigenvalue weighted by molar-refractivity contribution is 0.590. The van der Waals surface area contributed by atoms with Crippen LogP contribution in [0, 0.1) is 0 Å². The molecular formula is C34H26O. The highest BCUT2D eigenvalue weighted by molar-refractivity contribution is 6.28. The van der Waals surface area contributed by atoms with Crippen LogP contribution in [0.5, 0.6) is 0 Å². The average molecular weight is 451 g/mol. The predicted molar refractivity (Wildman–Crippen MR) is 150 cm³/mol. The van der Waals surface area contributed by atoms with Gasteiger partial charge in [0, 0.05) is 10.8 Å². The van der Waals surface area contributed by atoms with Gasteiger partial charge in [-0.3, -0.25) is 0 Å². The molecule has 168 valence electrons. The Balaban J connectivity index is 1.53. The Kier molecular flexibility index (Phi) is 4.17. The summed E-state index contributed by atoms with van der Waals surface area (Å²) in [5.41, 5.74) is 5.88. The Bertz CT molecular complexity index is 1910. The van der Waals surface area contributed by atoms with Gasteiger partial charge in [0.25, 0.3) is 0 Å². The molecule has 0 atom stereocenters. The molecule has 1 heterocycles. The summed E-state index contributed by atoms with van der Waals surface area (Å²) >= 11 is 0. The number of furan rings is 1. The van der Waals surface area contributed by atoms with Crippen molar-refractivity contribution in [2.45, 2.75) is 26.2 Å². The van der Waals surface area contributed by atoms with Crippen LogP contribution in [0.25, 0.3) is 65.4 Å². The molecule has 0 aliphatic carbocycles.